The lowest BCUT2D eigenvalue weighted by atomic mass is 10.1. The van der Waals surface area contributed by atoms with Gasteiger partial charge < -0.3 is 15.5 Å². The van der Waals surface area contributed by atoms with E-state index in [0.717, 1.165) is 50.1 Å². The number of nitrogens with one attached hydrogen (secondary N) is 1. The highest BCUT2D eigenvalue weighted by Gasteiger charge is 2.18. The van der Waals surface area contributed by atoms with Crippen molar-refractivity contribution in [3.8, 4) is 0 Å². The number of rotatable bonds is 5. The van der Waals surface area contributed by atoms with Crippen molar-refractivity contribution in [1.82, 2.24) is 14.5 Å². The zero-order valence-electron chi connectivity index (χ0n) is 13.0. The summed E-state index contributed by atoms with van der Waals surface area (Å²) in [5, 5.41) is 0. The van der Waals surface area contributed by atoms with Crippen LogP contribution in [0.1, 0.15) is 12.0 Å². The Morgan fingerprint density at radius 2 is 2.32 bits per heavy atom. The zero-order valence-corrected chi connectivity index (χ0v) is 13.0. The van der Waals surface area contributed by atoms with E-state index < -0.39 is 0 Å². The number of nitrogens with two attached hydrogens (primary N) is 1. The molecule has 1 aromatic carbocycles. The number of morpholine rings is 1. The summed E-state index contributed by atoms with van der Waals surface area (Å²) in [4.78, 5) is 17.1. The smallest absolute Gasteiger partial charge is 0.326 e. The summed E-state index contributed by atoms with van der Waals surface area (Å²) in [7, 11) is 1.82. The SMILES string of the molecule is Cn1c(=O)[nH]c2cccc(CCCN3CCO[C@@H](CN)C3)c21. The summed E-state index contributed by atoms with van der Waals surface area (Å²) < 4.78 is 7.29. The van der Waals surface area contributed by atoms with E-state index in [4.69, 9.17) is 10.5 Å². The third-order valence-electron chi connectivity index (χ3n) is 4.41. The Kier molecular flexibility index (Phi) is 4.61. The summed E-state index contributed by atoms with van der Waals surface area (Å²) in [6.45, 7) is 4.28. The van der Waals surface area contributed by atoms with Crippen LogP contribution in [-0.2, 0) is 18.2 Å². The number of hydrogen-bond acceptors (Lipinski definition) is 4. The van der Waals surface area contributed by atoms with Gasteiger partial charge in [0.2, 0.25) is 0 Å². The molecular weight excluding hydrogens is 280 g/mol. The van der Waals surface area contributed by atoms with Crippen molar-refractivity contribution in [2.45, 2.75) is 18.9 Å². The van der Waals surface area contributed by atoms with E-state index in [9.17, 15) is 4.79 Å². The predicted molar refractivity (Wildman–Crippen MR) is 87.1 cm³/mol. The molecule has 1 fully saturated rings. The van der Waals surface area contributed by atoms with Gasteiger partial charge in [0.15, 0.2) is 0 Å². The molecule has 1 saturated heterocycles. The van der Waals surface area contributed by atoms with Gasteiger partial charge in [0, 0.05) is 26.7 Å². The fraction of sp³-hybridized carbons (Fsp3) is 0.562. The summed E-state index contributed by atoms with van der Waals surface area (Å²) in [5.74, 6) is 0. The molecule has 0 amide bonds. The minimum Gasteiger partial charge on any atom is -0.374 e. The second-order valence-corrected chi connectivity index (χ2v) is 5.94. The normalized spacial score (nSPS) is 19.8. The molecule has 0 saturated carbocycles. The van der Waals surface area contributed by atoms with Crippen LogP contribution >= 0.6 is 0 Å². The Morgan fingerprint density at radius 3 is 3.14 bits per heavy atom. The molecule has 2 aromatic rings. The van der Waals surface area contributed by atoms with E-state index >= 15 is 0 Å². The molecule has 1 atom stereocenters. The van der Waals surface area contributed by atoms with Crippen LogP contribution in [0.25, 0.3) is 11.0 Å². The van der Waals surface area contributed by atoms with Crippen molar-refractivity contribution in [2.24, 2.45) is 12.8 Å². The Morgan fingerprint density at radius 1 is 1.45 bits per heavy atom. The van der Waals surface area contributed by atoms with Gasteiger partial charge in [0.25, 0.3) is 0 Å². The number of aromatic amines is 1. The number of nitrogens with zero attached hydrogens (tertiary/aromatic N) is 2. The van der Waals surface area contributed by atoms with Crippen molar-refractivity contribution in [1.29, 1.82) is 0 Å². The van der Waals surface area contributed by atoms with E-state index in [1.54, 1.807) is 4.57 Å². The Hall–Kier alpha value is -1.63. The van der Waals surface area contributed by atoms with Crippen molar-refractivity contribution >= 4 is 11.0 Å². The molecule has 0 radical (unpaired) electrons. The van der Waals surface area contributed by atoms with E-state index in [-0.39, 0.29) is 11.8 Å². The highest BCUT2D eigenvalue weighted by molar-refractivity contribution is 5.78. The van der Waals surface area contributed by atoms with Crippen LogP contribution in [0.3, 0.4) is 0 Å². The highest BCUT2D eigenvalue weighted by Crippen LogP contribution is 2.17. The minimum absolute atomic E-state index is 0.0542. The van der Waals surface area contributed by atoms with Gasteiger partial charge in [0.1, 0.15) is 0 Å². The van der Waals surface area contributed by atoms with Crippen molar-refractivity contribution in [2.75, 3.05) is 32.8 Å². The quantitative estimate of drug-likeness (QED) is 0.841. The maximum atomic E-state index is 11.8. The monoisotopic (exact) mass is 304 g/mol. The van der Waals surface area contributed by atoms with Gasteiger partial charge in [-0.1, -0.05) is 12.1 Å². The molecule has 22 heavy (non-hydrogen) atoms. The first-order valence-corrected chi connectivity index (χ1v) is 7.89. The molecule has 0 aliphatic carbocycles. The van der Waals surface area contributed by atoms with Gasteiger partial charge in [-0.15, -0.1) is 0 Å². The third-order valence-corrected chi connectivity index (χ3v) is 4.41. The number of aromatic nitrogens is 2. The van der Waals surface area contributed by atoms with Gasteiger partial charge in [-0.2, -0.15) is 0 Å². The first-order chi connectivity index (χ1) is 10.7. The lowest BCUT2D eigenvalue weighted by Crippen LogP contribution is -2.45. The van der Waals surface area contributed by atoms with Gasteiger partial charge in [-0.05, 0) is 31.0 Å². The van der Waals surface area contributed by atoms with E-state index in [1.165, 1.54) is 5.56 Å². The Bertz CT molecular complexity index is 691. The standard InChI is InChI=1S/C16H24N4O2/c1-19-15-12(4-2-6-14(15)18-16(19)21)5-3-7-20-8-9-22-13(10-17)11-20/h2,4,6,13H,3,5,7-11,17H2,1H3,(H,18,21)/t13-/m0/s1. The van der Waals surface area contributed by atoms with Crippen molar-refractivity contribution < 1.29 is 4.74 Å². The molecule has 1 aliphatic rings. The second kappa shape index (κ2) is 6.64. The summed E-state index contributed by atoms with van der Waals surface area (Å²) >= 11 is 0. The number of H-pyrrole nitrogens is 1. The molecule has 6 heteroatoms. The van der Waals surface area contributed by atoms with Gasteiger partial charge in [-0.3, -0.25) is 9.47 Å². The van der Waals surface area contributed by atoms with Crippen LogP contribution in [0.15, 0.2) is 23.0 Å². The average Bonchev–Trinajstić information content (AvgIpc) is 2.83. The van der Waals surface area contributed by atoms with Crippen LogP contribution in [-0.4, -0.2) is 53.3 Å². The first-order valence-electron chi connectivity index (χ1n) is 7.89. The molecule has 0 spiro atoms. The Labute approximate surface area is 129 Å². The summed E-state index contributed by atoms with van der Waals surface area (Å²) in [6.07, 6.45) is 2.20. The number of fused-ring (bicyclic) bond motifs is 1. The number of benzene rings is 1. The van der Waals surface area contributed by atoms with Crippen LogP contribution in [0.2, 0.25) is 0 Å². The molecule has 0 bridgehead atoms. The fourth-order valence-corrected chi connectivity index (χ4v) is 3.21. The van der Waals surface area contributed by atoms with Crippen LogP contribution < -0.4 is 11.4 Å². The van der Waals surface area contributed by atoms with Gasteiger partial charge in [-0.25, -0.2) is 4.79 Å². The minimum atomic E-state index is -0.0542. The second-order valence-electron chi connectivity index (χ2n) is 5.94. The molecule has 1 aliphatic heterocycles. The van der Waals surface area contributed by atoms with Gasteiger partial charge in [0.05, 0.1) is 23.7 Å². The fourth-order valence-electron chi connectivity index (χ4n) is 3.21. The van der Waals surface area contributed by atoms with Crippen molar-refractivity contribution in [3.05, 3.63) is 34.2 Å². The van der Waals surface area contributed by atoms with E-state index in [0.29, 0.717) is 6.54 Å². The summed E-state index contributed by atoms with van der Waals surface area (Å²) in [6, 6.07) is 6.07. The average molecular weight is 304 g/mol. The van der Waals surface area contributed by atoms with Crippen LogP contribution in [0.4, 0.5) is 0 Å². The molecular formula is C16H24N4O2. The third kappa shape index (κ3) is 3.09. The van der Waals surface area contributed by atoms with E-state index in [1.807, 2.05) is 19.2 Å². The van der Waals surface area contributed by atoms with E-state index in [2.05, 4.69) is 16.0 Å². The molecule has 2 heterocycles. The topological polar surface area (TPSA) is 76.3 Å². The first kappa shape index (κ1) is 15.3. The maximum absolute atomic E-state index is 11.8. The number of aryl methyl sites for hydroxylation is 2. The number of imidazole rings is 1. The lowest BCUT2D eigenvalue weighted by Gasteiger charge is -2.32. The summed E-state index contributed by atoms with van der Waals surface area (Å²) in [5.41, 5.74) is 8.79. The van der Waals surface area contributed by atoms with Crippen LogP contribution in [0.5, 0.6) is 0 Å². The largest absolute Gasteiger partial charge is 0.374 e. The predicted octanol–water partition coefficient (Wildman–Crippen LogP) is 0.459. The van der Waals surface area contributed by atoms with Crippen molar-refractivity contribution in [3.63, 3.8) is 0 Å². The zero-order chi connectivity index (χ0) is 15.5. The number of ether oxygens (including phenoxy) is 1. The lowest BCUT2D eigenvalue weighted by molar-refractivity contribution is -0.0232. The Balaban J connectivity index is 1.63. The molecule has 0 unspecified atom stereocenters. The number of para-hydroxylation sites is 1. The maximum Gasteiger partial charge on any atom is 0.326 e. The molecule has 6 nitrogen and oxygen atoms in total. The molecule has 3 rings (SSSR count). The van der Waals surface area contributed by atoms with Gasteiger partial charge >= 0.3 is 5.69 Å². The molecule has 1 aromatic heterocycles. The number of hydrogen-bond donors (Lipinski definition) is 2. The molecule has 120 valence electrons. The van der Waals surface area contributed by atoms with Crippen LogP contribution in [0, 0.1) is 0 Å². The highest BCUT2D eigenvalue weighted by atomic mass is 16.5. The molecule has 3 N–H and O–H groups in total.